The van der Waals surface area contributed by atoms with Gasteiger partial charge in [0.15, 0.2) is 0 Å². The molecule has 0 aliphatic carbocycles. The molecule has 0 amide bonds. The first kappa shape index (κ1) is 13.9. The van der Waals surface area contributed by atoms with Crippen LogP contribution in [-0.2, 0) is 6.42 Å². The molecule has 3 heteroatoms. The zero-order chi connectivity index (χ0) is 13.1. The highest BCUT2D eigenvalue weighted by Gasteiger charge is 2.10. The standard InChI is InChI=1S/C15H13BrCl2/c1-10-3-2-4-11(5-10)6-15(16)12-7-13(17)9-14(18)8-12/h2-5,7-9,15H,6H2,1H3. The van der Waals surface area contributed by atoms with Crippen LogP contribution >= 0.6 is 39.1 Å². The van der Waals surface area contributed by atoms with Crippen molar-refractivity contribution in [1.82, 2.24) is 0 Å². The van der Waals surface area contributed by atoms with E-state index in [2.05, 4.69) is 47.1 Å². The number of rotatable bonds is 3. The summed E-state index contributed by atoms with van der Waals surface area (Å²) in [5.74, 6) is 0. The summed E-state index contributed by atoms with van der Waals surface area (Å²) in [5.41, 5.74) is 3.68. The normalized spacial score (nSPS) is 12.4. The highest BCUT2D eigenvalue weighted by molar-refractivity contribution is 9.09. The van der Waals surface area contributed by atoms with Crippen LogP contribution in [0.25, 0.3) is 0 Å². The summed E-state index contributed by atoms with van der Waals surface area (Å²) in [7, 11) is 0. The molecule has 0 radical (unpaired) electrons. The molecular weight excluding hydrogens is 331 g/mol. The average molecular weight is 344 g/mol. The molecule has 2 rings (SSSR count). The molecule has 18 heavy (non-hydrogen) atoms. The van der Waals surface area contributed by atoms with Crippen molar-refractivity contribution in [3.63, 3.8) is 0 Å². The molecular formula is C15H13BrCl2. The summed E-state index contributed by atoms with van der Waals surface area (Å²) < 4.78 is 0. The van der Waals surface area contributed by atoms with E-state index in [0.717, 1.165) is 12.0 Å². The van der Waals surface area contributed by atoms with E-state index in [9.17, 15) is 0 Å². The number of hydrogen-bond donors (Lipinski definition) is 0. The van der Waals surface area contributed by atoms with E-state index in [-0.39, 0.29) is 4.83 Å². The van der Waals surface area contributed by atoms with Crippen LogP contribution in [0, 0.1) is 6.92 Å². The fourth-order valence-corrected chi connectivity index (χ4v) is 3.10. The van der Waals surface area contributed by atoms with Gasteiger partial charge in [0.05, 0.1) is 0 Å². The minimum absolute atomic E-state index is 0.218. The Kier molecular flexibility index (Phi) is 4.71. The zero-order valence-electron chi connectivity index (χ0n) is 9.96. The number of hydrogen-bond acceptors (Lipinski definition) is 0. The van der Waals surface area contributed by atoms with Crippen molar-refractivity contribution in [3.05, 3.63) is 69.2 Å². The van der Waals surface area contributed by atoms with Gasteiger partial charge in [-0.25, -0.2) is 0 Å². The minimum Gasteiger partial charge on any atom is -0.0843 e. The second-order valence-electron chi connectivity index (χ2n) is 4.36. The highest BCUT2D eigenvalue weighted by atomic mass is 79.9. The minimum atomic E-state index is 0.218. The van der Waals surface area contributed by atoms with Gasteiger partial charge in [-0.05, 0) is 42.7 Å². The second kappa shape index (κ2) is 6.10. The van der Waals surface area contributed by atoms with Crippen LogP contribution in [-0.4, -0.2) is 0 Å². The van der Waals surface area contributed by atoms with Crippen LogP contribution in [0.15, 0.2) is 42.5 Å². The number of alkyl halides is 1. The molecule has 1 atom stereocenters. The lowest BCUT2D eigenvalue weighted by atomic mass is 10.0. The van der Waals surface area contributed by atoms with Gasteiger partial charge >= 0.3 is 0 Å². The quantitative estimate of drug-likeness (QED) is 0.601. The van der Waals surface area contributed by atoms with Crippen LogP contribution < -0.4 is 0 Å². The Hall–Kier alpha value is -0.500. The summed E-state index contributed by atoms with van der Waals surface area (Å²) in [6.07, 6.45) is 0.915. The topological polar surface area (TPSA) is 0 Å². The third-order valence-corrected chi connectivity index (χ3v) is 4.03. The van der Waals surface area contributed by atoms with Crippen molar-refractivity contribution in [3.8, 4) is 0 Å². The van der Waals surface area contributed by atoms with E-state index in [1.54, 1.807) is 6.07 Å². The van der Waals surface area contributed by atoms with Crippen LogP contribution in [0.3, 0.4) is 0 Å². The maximum absolute atomic E-state index is 6.02. The summed E-state index contributed by atoms with van der Waals surface area (Å²) in [6.45, 7) is 2.10. The Morgan fingerprint density at radius 1 is 1.06 bits per heavy atom. The Balaban J connectivity index is 2.19. The lowest BCUT2D eigenvalue weighted by molar-refractivity contribution is 0.947. The summed E-state index contributed by atoms with van der Waals surface area (Å²) in [5, 5.41) is 1.34. The van der Waals surface area contributed by atoms with E-state index in [1.807, 2.05) is 12.1 Å². The van der Waals surface area contributed by atoms with E-state index in [1.165, 1.54) is 11.1 Å². The van der Waals surface area contributed by atoms with E-state index in [4.69, 9.17) is 23.2 Å². The van der Waals surface area contributed by atoms with Crippen molar-refractivity contribution < 1.29 is 0 Å². The molecule has 0 nitrogen and oxygen atoms in total. The van der Waals surface area contributed by atoms with Crippen molar-refractivity contribution >= 4 is 39.1 Å². The molecule has 2 aromatic carbocycles. The molecule has 0 saturated heterocycles. The van der Waals surface area contributed by atoms with Gasteiger partial charge < -0.3 is 0 Å². The Morgan fingerprint density at radius 3 is 2.33 bits per heavy atom. The molecule has 0 N–H and O–H groups in total. The molecule has 0 saturated carbocycles. The first-order valence-electron chi connectivity index (χ1n) is 5.70. The molecule has 2 aromatic rings. The van der Waals surface area contributed by atoms with Crippen molar-refractivity contribution in [2.75, 3.05) is 0 Å². The molecule has 0 aromatic heterocycles. The summed E-state index contributed by atoms with van der Waals surface area (Å²) in [6, 6.07) is 14.1. The largest absolute Gasteiger partial charge is 0.0843 e. The monoisotopic (exact) mass is 342 g/mol. The Bertz CT molecular complexity index is 532. The van der Waals surface area contributed by atoms with Crippen LogP contribution in [0.4, 0.5) is 0 Å². The predicted octanol–water partition coefficient (Wildman–Crippen LogP) is 5.98. The van der Waals surface area contributed by atoms with Crippen molar-refractivity contribution in [2.45, 2.75) is 18.2 Å². The molecule has 0 bridgehead atoms. The maximum Gasteiger partial charge on any atom is 0.0436 e. The maximum atomic E-state index is 6.02. The van der Waals surface area contributed by atoms with Crippen molar-refractivity contribution in [1.29, 1.82) is 0 Å². The first-order valence-corrected chi connectivity index (χ1v) is 7.37. The number of aryl methyl sites for hydroxylation is 1. The molecule has 0 heterocycles. The first-order chi connectivity index (χ1) is 8.54. The SMILES string of the molecule is Cc1cccc(CC(Br)c2cc(Cl)cc(Cl)c2)c1. The fourth-order valence-electron chi connectivity index (χ4n) is 1.92. The third kappa shape index (κ3) is 3.74. The molecule has 94 valence electrons. The lowest BCUT2D eigenvalue weighted by Crippen LogP contribution is -1.96. The number of halogens is 3. The summed E-state index contributed by atoms with van der Waals surface area (Å²) >= 11 is 15.7. The van der Waals surface area contributed by atoms with Gasteiger partial charge in [0.2, 0.25) is 0 Å². The van der Waals surface area contributed by atoms with Gasteiger partial charge in [-0.15, -0.1) is 0 Å². The van der Waals surface area contributed by atoms with Gasteiger partial charge in [0.1, 0.15) is 0 Å². The second-order valence-corrected chi connectivity index (χ2v) is 6.34. The van der Waals surface area contributed by atoms with E-state index >= 15 is 0 Å². The molecule has 0 fully saturated rings. The number of benzene rings is 2. The third-order valence-electron chi connectivity index (χ3n) is 2.74. The van der Waals surface area contributed by atoms with Crippen LogP contribution in [0.1, 0.15) is 21.5 Å². The van der Waals surface area contributed by atoms with Gasteiger partial charge in [0, 0.05) is 14.9 Å². The van der Waals surface area contributed by atoms with Crippen LogP contribution in [0.2, 0.25) is 10.0 Å². The summed E-state index contributed by atoms with van der Waals surface area (Å²) in [4.78, 5) is 0.218. The fraction of sp³-hybridized carbons (Fsp3) is 0.200. The van der Waals surface area contributed by atoms with Crippen LogP contribution in [0.5, 0.6) is 0 Å². The van der Waals surface area contributed by atoms with Gasteiger partial charge in [-0.2, -0.15) is 0 Å². The van der Waals surface area contributed by atoms with Gasteiger partial charge in [0.25, 0.3) is 0 Å². The Morgan fingerprint density at radius 2 is 1.72 bits per heavy atom. The van der Waals surface area contributed by atoms with Gasteiger partial charge in [-0.3, -0.25) is 0 Å². The van der Waals surface area contributed by atoms with E-state index in [0.29, 0.717) is 10.0 Å². The molecule has 0 aliphatic heterocycles. The smallest absolute Gasteiger partial charge is 0.0436 e. The van der Waals surface area contributed by atoms with Crippen molar-refractivity contribution in [2.24, 2.45) is 0 Å². The van der Waals surface area contributed by atoms with Gasteiger partial charge in [-0.1, -0.05) is 69.0 Å². The highest BCUT2D eigenvalue weighted by Crippen LogP contribution is 2.31. The molecule has 0 spiro atoms. The average Bonchev–Trinajstić information content (AvgIpc) is 2.27. The zero-order valence-corrected chi connectivity index (χ0v) is 13.1. The predicted molar refractivity (Wildman–Crippen MR) is 83.0 cm³/mol. The van der Waals surface area contributed by atoms with E-state index < -0.39 is 0 Å². The molecule has 1 unspecified atom stereocenters. The lowest BCUT2D eigenvalue weighted by Gasteiger charge is -2.12. The Labute approximate surface area is 126 Å². The molecule has 0 aliphatic rings.